The van der Waals surface area contributed by atoms with Crippen molar-refractivity contribution >= 4 is 21.6 Å². The van der Waals surface area contributed by atoms with Crippen molar-refractivity contribution in [3.8, 4) is 0 Å². The van der Waals surface area contributed by atoms with Crippen molar-refractivity contribution in [2.75, 3.05) is 37.0 Å². The first-order chi connectivity index (χ1) is 14.8. The molecule has 0 aromatic heterocycles. The number of sulfonamides is 1. The zero-order chi connectivity index (χ0) is 22.4. The van der Waals surface area contributed by atoms with Gasteiger partial charge in [-0.3, -0.25) is 9.10 Å². The number of nitrogens with zero attached hydrogens (tertiary/aromatic N) is 2. The van der Waals surface area contributed by atoms with Gasteiger partial charge in [0.15, 0.2) is 0 Å². The first-order valence-corrected chi connectivity index (χ1v) is 12.4. The third-order valence-corrected chi connectivity index (χ3v) is 7.46. The van der Waals surface area contributed by atoms with Gasteiger partial charge in [-0.1, -0.05) is 35.4 Å². The van der Waals surface area contributed by atoms with Crippen LogP contribution in [0.1, 0.15) is 36.0 Å². The molecule has 2 aromatic carbocycles. The standard InChI is InChI=1S/C24H33N3O3S/c1-19-7-10-22(11-8-19)31(29,30)27(23-12-9-20(2)17-21(23)3)18-24(28)25-13-6-16-26-14-4-5-15-26/h7-12,17H,4-6,13-16,18H2,1-3H3,(H,25,28). The van der Waals surface area contributed by atoms with Crippen molar-refractivity contribution < 1.29 is 13.2 Å². The Bertz CT molecular complexity index is 997. The lowest BCUT2D eigenvalue weighted by Crippen LogP contribution is -2.41. The van der Waals surface area contributed by atoms with Crippen LogP contribution in [-0.4, -0.2) is 51.9 Å². The van der Waals surface area contributed by atoms with Crippen LogP contribution in [0.5, 0.6) is 0 Å². The molecule has 0 atom stereocenters. The van der Waals surface area contributed by atoms with E-state index in [4.69, 9.17) is 0 Å². The molecule has 1 N–H and O–H groups in total. The Morgan fingerprint density at radius 1 is 1.00 bits per heavy atom. The Kier molecular flexibility index (Phi) is 7.73. The minimum absolute atomic E-state index is 0.180. The van der Waals surface area contributed by atoms with Crippen molar-refractivity contribution in [1.29, 1.82) is 0 Å². The largest absolute Gasteiger partial charge is 0.354 e. The Balaban J connectivity index is 1.75. The molecule has 0 bridgehead atoms. The maximum absolute atomic E-state index is 13.5. The lowest BCUT2D eigenvalue weighted by Gasteiger charge is -2.26. The SMILES string of the molecule is Cc1ccc(S(=O)(=O)N(CC(=O)NCCCN2CCCC2)c2ccc(C)cc2C)cc1. The highest BCUT2D eigenvalue weighted by Crippen LogP contribution is 2.27. The van der Waals surface area contributed by atoms with E-state index in [9.17, 15) is 13.2 Å². The summed E-state index contributed by atoms with van der Waals surface area (Å²) < 4.78 is 28.1. The van der Waals surface area contributed by atoms with E-state index >= 15 is 0 Å². The molecule has 1 aliphatic heterocycles. The fraction of sp³-hybridized carbons (Fsp3) is 0.458. The van der Waals surface area contributed by atoms with Gasteiger partial charge in [0.05, 0.1) is 10.6 Å². The summed E-state index contributed by atoms with van der Waals surface area (Å²) >= 11 is 0. The minimum atomic E-state index is -3.88. The Labute approximate surface area is 186 Å². The molecule has 0 radical (unpaired) electrons. The number of rotatable bonds is 9. The fourth-order valence-electron chi connectivity index (χ4n) is 3.95. The first kappa shape index (κ1) is 23.3. The normalized spacial score (nSPS) is 14.5. The van der Waals surface area contributed by atoms with Crippen LogP contribution in [0, 0.1) is 20.8 Å². The molecule has 7 heteroatoms. The summed E-state index contributed by atoms with van der Waals surface area (Å²) in [7, 11) is -3.88. The smallest absolute Gasteiger partial charge is 0.264 e. The lowest BCUT2D eigenvalue weighted by molar-refractivity contribution is -0.119. The number of likely N-dealkylation sites (tertiary alicyclic amines) is 1. The van der Waals surface area contributed by atoms with E-state index in [2.05, 4.69) is 10.2 Å². The monoisotopic (exact) mass is 443 g/mol. The van der Waals surface area contributed by atoms with E-state index in [1.165, 1.54) is 17.1 Å². The zero-order valence-corrected chi connectivity index (χ0v) is 19.5. The maximum Gasteiger partial charge on any atom is 0.264 e. The van der Waals surface area contributed by atoms with Gasteiger partial charge in [-0.2, -0.15) is 0 Å². The second-order valence-electron chi connectivity index (χ2n) is 8.37. The second-order valence-corrected chi connectivity index (χ2v) is 10.2. The van der Waals surface area contributed by atoms with Gasteiger partial charge in [0.25, 0.3) is 10.0 Å². The maximum atomic E-state index is 13.5. The van der Waals surface area contributed by atoms with E-state index in [1.807, 2.05) is 32.9 Å². The van der Waals surface area contributed by atoms with Crippen LogP contribution in [0.3, 0.4) is 0 Å². The van der Waals surface area contributed by atoms with E-state index in [1.54, 1.807) is 30.3 Å². The van der Waals surface area contributed by atoms with Crippen LogP contribution < -0.4 is 9.62 Å². The van der Waals surface area contributed by atoms with Gasteiger partial charge in [0.1, 0.15) is 6.54 Å². The van der Waals surface area contributed by atoms with Crippen LogP contribution in [-0.2, 0) is 14.8 Å². The van der Waals surface area contributed by atoms with E-state index in [0.717, 1.165) is 42.7 Å². The summed E-state index contributed by atoms with van der Waals surface area (Å²) in [6, 6.07) is 12.3. The Morgan fingerprint density at radius 3 is 2.29 bits per heavy atom. The number of carbonyl (C=O) groups excluding carboxylic acids is 1. The van der Waals surface area contributed by atoms with E-state index in [-0.39, 0.29) is 17.3 Å². The second kappa shape index (κ2) is 10.3. The summed E-state index contributed by atoms with van der Waals surface area (Å²) in [6.07, 6.45) is 3.35. The van der Waals surface area contributed by atoms with Gasteiger partial charge in [-0.05, 0) is 83.4 Å². The quantitative estimate of drug-likeness (QED) is 0.603. The number of nitrogens with one attached hydrogen (secondary N) is 1. The highest BCUT2D eigenvalue weighted by Gasteiger charge is 2.28. The number of benzene rings is 2. The summed E-state index contributed by atoms with van der Waals surface area (Å²) in [5, 5.41) is 2.90. The van der Waals surface area contributed by atoms with Gasteiger partial charge >= 0.3 is 0 Å². The summed E-state index contributed by atoms with van der Waals surface area (Å²) in [6.45, 7) is 9.25. The van der Waals surface area contributed by atoms with E-state index in [0.29, 0.717) is 12.2 Å². The Morgan fingerprint density at radius 2 is 1.65 bits per heavy atom. The number of hydrogen-bond acceptors (Lipinski definition) is 4. The highest BCUT2D eigenvalue weighted by atomic mass is 32.2. The number of aryl methyl sites for hydroxylation is 3. The zero-order valence-electron chi connectivity index (χ0n) is 18.7. The third kappa shape index (κ3) is 6.08. The predicted octanol–water partition coefficient (Wildman–Crippen LogP) is 3.41. The number of amides is 1. The number of anilines is 1. The number of hydrogen-bond donors (Lipinski definition) is 1. The fourth-order valence-corrected chi connectivity index (χ4v) is 5.43. The molecule has 31 heavy (non-hydrogen) atoms. The predicted molar refractivity (Wildman–Crippen MR) is 125 cm³/mol. The molecule has 0 saturated carbocycles. The minimum Gasteiger partial charge on any atom is -0.354 e. The van der Waals surface area contributed by atoms with Crippen molar-refractivity contribution in [1.82, 2.24) is 10.2 Å². The first-order valence-electron chi connectivity index (χ1n) is 10.9. The van der Waals surface area contributed by atoms with Crippen LogP contribution in [0.25, 0.3) is 0 Å². The highest BCUT2D eigenvalue weighted by molar-refractivity contribution is 7.92. The van der Waals surface area contributed by atoms with Crippen molar-refractivity contribution in [2.45, 2.75) is 44.9 Å². The molecule has 168 valence electrons. The van der Waals surface area contributed by atoms with Crippen molar-refractivity contribution in [3.63, 3.8) is 0 Å². The molecule has 3 rings (SSSR count). The molecule has 1 amide bonds. The van der Waals surface area contributed by atoms with Crippen molar-refractivity contribution in [2.24, 2.45) is 0 Å². The van der Waals surface area contributed by atoms with Gasteiger partial charge in [0, 0.05) is 6.54 Å². The molecule has 1 fully saturated rings. The molecule has 0 unspecified atom stereocenters. The van der Waals surface area contributed by atoms with Crippen LogP contribution in [0.15, 0.2) is 47.4 Å². The van der Waals surface area contributed by atoms with Gasteiger partial charge < -0.3 is 10.2 Å². The molecular formula is C24H33N3O3S. The molecule has 1 aliphatic rings. The topological polar surface area (TPSA) is 69.7 Å². The molecule has 2 aromatic rings. The van der Waals surface area contributed by atoms with Crippen LogP contribution in [0.4, 0.5) is 5.69 Å². The molecular weight excluding hydrogens is 410 g/mol. The van der Waals surface area contributed by atoms with Gasteiger partial charge in [0.2, 0.25) is 5.91 Å². The summed E-state index contributed by atoms with van der Waals surface area (Å²) in [5.41, 5.74) is 3.36. The third-order valence-electron chi connectivity index (χ3n) is 5.69. The molecule has 1 saturated heterocycles. The Hall–Kier alpha value is -2.38. The molecule has 6 nitrogen and oxygen atoms in total. The lowest BCUT2D eigenvalue weighted by atomic mass is 10.1. The van der Waals surface area contributed by atoms with E-state index < -0.39 is 10.0 Å². The molecule has 0 spiro atoms. The summed E-state index contributed by atoms with van der Waals surface area (Å²) in [5.74, 6) is -0.294. The van der Waals surface area contributed by atoms with Gasteiger partial charge in [-0.25, -0.2) is 8.42 Å². The average Bonchev–Trinajstić information content (AvgIpc) is 3.24. The molecule has 1 heterocycles. The van der Waals surface area contributed by atoms with Gasteiger partial charge in [-0.15, -0.1) is 0 Å². The van der Waals surface area contributed by atoms with Crippen LogP contribution in [0.2, 0.25) is 0 Å². The average molecular weight is 444 g/mol. The summed E-state index contributed by atoms with van der Waals surface area (Å²) in [4.78, 5) is 15.3. The number of carbonyl (C=O) groups is 1. The van der Waals surface area contributed by atoms with Crippen LogP contribution >= 0.6 is 0 Å². The molecule has 0 aliphatic carbocycles. The van der Waals surface area contributed by atoms with Crippen molar-refractivity contribution in [3.05, 3.63) is 59.2 Å².